The highest BCUT2D eigenvalue weighted by Crippen LogP contribution is 2.29. The van der Waals surface area contributed by atoms with Crippen molar-refractivity contribution < 1.29 is 28.7 Å². The fourth-order valence-corrected chi connectivity index (χ4v) is 2.70. The Labute approximate surface area is 151 Å². The first kappa shape index (κ1) is 19.4. The number of aryl methyl sites for hydroxylation is 1. The smallest absolute Gasteiger partial charge is 0.413 e. The molecule has 0 aliphatic carbocycles. The second kappa shape index (κ2) is 8.46. The molecule has 2 rings (SSSR count). The lowest BCUT2D eigenvalue weighted by atomic mass is 10.1. The van der Waals surface area contributed by atoms with Crippen LogP contribution >= 0.6 is 0 Å². The minimum Gasteiger partial charge on any atom is -0.455 e. The molecule has 1 fully saturated rings. The summed E-state index contributed by atoms with van der Waals surface area (Å²) in [7, 11) is 0. The fourth-order valence-electron chi connectivity index (χ4n) is 2.70. The number of rotatable bonds is 5. The van der Waals surface area contributed by atoms with Gasteiger partial charge in [0.15, 0.2) is 6.61 Å². The number of hydrogen-bond donors (Lipinski definition) is 1. The van der Waals surface area contributed by atoms with E-state index in [0.29, 0.717) is 0 Å². The Morgan fingerprint density at radius 2 is 1.96 bits per heavy atom. The maximum absolute atomic E-state index is 12.3. The van der Waals surface area contributed by atoms with Crippen LogP contribution in [-0.4, -0.2) is 43.6 Å². The highest BCUT2D eigenvalue weighted by molar-refractivity contribution is 6.00. The fraction of sp³-hybridized carbons (Fsp3) is 0.444. The molecule has 1 aliphatic heterocycles. The van der Waals surface area contributed by atoms with Gasteiger partial charge in [-0.1, -0.05) is 12.1 Å². The Bertz CT molecular complexity index is 730. The van der Waals surface area contributed by atoms with Crippen LogP contribution in [0.15, 0.2) is 18.2 Å². The van der Waals surface area contributed by atoms with E-state index in [1.54, 1.807) is 11.8 Å². The molecule has 26 heavy (non-hydrogen) atoms. The van der Waals surface area contributed by atoms with Crippen molar-refractivity contribution in [3.8, 4) is 0 Å². The standard InChI is InChI=1S/C18H22N2O6/c1-4-25-18(24)19-15(21)10-26-17(23)13-8-16(22)20(9-13)14-7-5-6-11(2)12(14)3/h5-7,13H,4,8-10H2,1-3H3,(H,19,21,24)/t13-/m1/s1. The van der Waals surface area contributed by atoms with Crippen LogP contribution in [0, 0.1) is 19.8 Å². The topological polar surface area (TPSA) is 102 Å². The molecule has 140 valence electrons. The molecule has 1 aromatic rings. The number of nitrogens with one attached hydrogen (secondary N) is 1. The Hall–Kier alpha value is -2.90. The molecule has 0 unspecified atom stereocenters. The molecule has 1 atom stereocenters. The molecule has 0 saturated carbocycles. The summed E-state index contributed by atoms with van der Waals surface area (Å²) >= 11 is 0. The maximum atomic E-state index is 12.3. The van der Waals surface area contributed by atoms with Crippen LogP contribution in [0.2, 0.25) is 0 Å². The molecule has 0 aromatic heterocycles. The van der Waals surface area contributed by atoms with Gasteiger partial charge in [-0.05, 0) is 38.0 Å². The van der Waals surface area contributed by atoms with Crippen molar-refractivity contribution in [1.29, 1.82) is 0 Å². The summed E-state index contributed by atoms with van der Waals surface area (Å²) < 4.78 is 9.47. The number of anilines is 1. The van der Waals surface area contributed by atoms with Crippen molar-refractivity contribution in [2.45, 2.75) is 27.2 Å². The Morgan fingerprint density at radius 1 is 1.23 bits per heavy atom. The Morgan fingerprint density at radius 3 is 2.65 bits per heavy atom. The first-order valence-electron chi connectivity index (χ1n) is 8.33. The summed E-state index contributed by atoms with van der Waals surface area (Å²) in [6.45, 7) is 5.18. The Kier molecular flexibility index (Phi) is 6.32. The summed E-state index contributed by atoms with van der Waals surface area (Å²) in [4.78, 5) is 48.6. The summed E-state index contributed by atoms with van der Waals surface area (Å²) in [6, 6.07) is 5.64. The molecule has 0 radical (unpaired) electrons. The van der Waals surface area contributed by atoms with Gasteiger partial charge in [0.05, 0.1) is 12.5 Å². The molecule has 0 bridgehead atoms. The monoisotopic (exact) mass is 362 g/mol. The molecule has 0 spiro atoms. The van der Waals surface area contributed by atoms with E-state index in [-0.39, 0.29) is 25.5 Å². The summed E-state index contributed by atoms with van der Waals surface area (Å²) in [5.41, 5.74) is 2.80. The van der Waals surface area contributed by atoms with Crippen LogP contribution in [0.1, 0.15) is 24.5 Å². The minimum atomic E-state index is -0.898. The van der Waals surface area contributed by atoms with E-state index in [9.17, 15) is 19.2 Å². The van der Waals surface area contributed by atoms with Crippen molar-refractivity contribution in [1.82, 2.24) is 5.32 Å². The third-order valence-corrected chi connectivity index (χ3v) is 4.19. The normalized spacial score (nSPS) is 16.3. The average Bonchev–Trinajstić information content (AvgIpc) is 2.97. The molecule has 1 aliphatic rings. The van der Waals surface area contributed by atoms with Crippen molar-refractivity contribution in [3.05, 3.63) is 29.3 Å². The van der Waals surface area contributed by atoms with Crippen molar-refractivity contribution in [3.63, 3.8) is 0 Å². The van der Waals surface area contributed by atoms with Gasteiger partial charge in [-0.25, -0.2) is 4.79 Å². The largest absolute Gasteiger partial charge is 0.455 e. The number of alkyl carbamates (subject to hydrolysis) is 1. The van der Waals surface area contributed by atoms with E-state index < -0.39 is 30.5 Å². The first-order chi connectivity index (χ1) is 12.3. The molecule has 8 heteroatoms. The van der Waals surface area contributed by atoms with Gasteiger partial charge < -0.3 is 14.4 Å². The SMILES string of the molecule is CCOC(=O)NC(=O)COC(=O)[C@@H]1CC(=O)N(c2cccc(C)c2C)C1. The summed E-state index contributed by atoms with van der Waals surface area (Å²) in [5, 5.41) is 1.93. The zero-order chi connectivity index (χ0) is 19.3. The van der Waals surface area contributed by atoms with Crippen LogP contribution in [0.3, 0.4) is 0 Å². The van der Waals surface area contributed by atoms with Gasteiger partial charge in [0, 0.05) is 18.7 Å². The van der Waals surface area contributed by atoms with Crippen LogP contribution in [-0.2, 0) is 23.9 Å². The van der Waals surface area contributed by atoms with Gasteiger partial charge >= 0.3 is 12.1 Å². The van der Waals surface area contributed by atoms with Crippen LogP contribution in [0.4, 0.5) is 10.5 Å². The average molecular weight is 362 g/mol. The van der Waals surface area contributed by atoms with Gasteiger partial charge in [0.1, 0.15) is 0 Å². The van der Waals surface area contributed by atoms with E-state index in [1.807, 2.05) is 37.4 Å². The number of esters is 1. The number of nitrogens with zero attached hydrogens (tertiary/aromatic N) is 1. The van der Waals surface area contributed by atoms with Crippen LogP contribution in [0.5, 0.6) is 0 Å². The molecule has 3 amide bonds. The molecular formula is C18H22N2O6. The number of ether oxygens (including phenoxy) is 2. The zero-order valence-corrected chi connectivity index (χ0v) is 15.0. The highest BCUT2D eigenvalue weighted by Gasteiger charge is 2.37. The van der Waals surface area contributed by atoms with Gasteiger partial charge in [-0.2, -0.15) is 0 Å². The van der Waals surface area contributed by atoms with Gasteiger partial charge in [0.2, 0.25) is 5.91 Å². The third kappa shape index (κ3) is 4.59. The summed E-state index contributed by atoms with van der Waals surface area (Å²) in [5.74, 6) is -2.26. The van der Waals surface area contributed by atoms with Crippen molar-refractivity contribution >= 4 is 29.6 Å². The van der Waals surface area contributed by atoms with E-state index in [1.165, 1.54) is 0 Å². The number of imide groups is 1. The second-order valence-corrected chi connectivity index (χ2v) is 6.00. The van der Waals surface area contributed by atoms with Gasteiger partial charge in [-0.15, -0.1) is 0 Å². The second-order valence-electron chi connectivity index (χ2n) is 6.00. The third-order valence-electron chi connectivity index (χ3n) is 4.19. The van der Waals surface area contributed by atoms with E-state index >= 15 is 0 Å². The number of carbonyl (C=O) groups excluding carboxylic acids is 4. The number of amides is 3. The lowest BCUT2D eigenvalue weighted by Gasteiger charge is -2.20. The lowest BCUT2D eigenvalue weighted by Crippen LogP contribution is -2.35. The predicted octanol–water partition coefficient (Wildman–Crippen LogP) is 1.47. The number of carbonyl (C=O) groups is 4. The molecule has 8 nitrogen and oxygen atoms in total. The van der Waals surface area contributed by atoms with Crippen LogP contribution in [0.25, 0.3) is 0 Å². The minimum absolute atomic E-state index is 0.0196. The maximum Gasteiger partial charge on any atom is 0.413 e. The first-order valence-corrected chi connectivity index (χ1v) is 8.33. The molecule has 1 heterocycles. The molecule has 1 saturated heterocycles. The van der Waals surface area contributed by atoms with Crippen molar-refractivity contribution in [2.24, 2.45) is 5.92 Å². The molecule has 1 N–H and O–H groups in total. The van der Waals surface area contributed by atoms with Gasteiger partial charge in [-0.3, -0.25) is 19.7 Å². The van der Waals surface area contributed by atoms with Crippen LogP contribution < -0.4 is 10.2 Å². The molecular weight excluding hydrogens is 340 g/mol. The van der Waals surface area contributed by atoms with Gasteiger partial charge in [0.25, 0.3) is 5.91 Å². The van der Waals surface area contributed by atoms with E-state index in [2.05, 4.69) is 4.74 Å². The van der Waals surface area contributed by atoms with E-state index in [0.717, 1.165) is 16.8 Å². The predicted molar refractivity (Wildman–Crippen MR) is 92.5 cm³/mol. The zero-order valence-electron chi connectivity index (χ0n) is 15.0. The highest BCUT2D eigenvalue weighted by atomic mass is 16.6. The number of hydrogen-bond acceptors (Lipinski definition) is 6. The Balaban J connectivity index is 1.91. The van der Waals surface area contributed by atoms with E-state index in [4.69, 9.17) is 4.74 Å². The summed E-state index contributed by atoms with van der Waals surface area (Å²) in [6.07, 6.45) is -0.878. The van der Waals surface area contributed by atoms with Crippen molar-refractivity contribution in [2.75, 3.05) is 24.7 Å². The quantitative estimate of drug-likeness (QED) is 0.796. The lowest BCUT2D eigenvalue weighted by molar-refractivity contribution is -0.152. The number of benzene rings is 1. The molecule has 1 aromatic carbocycles.